The third-order valence-electron chi connectivity index (χ3n) is 2.60. The standard InChI is InChI=1S/C15H19NO2S/c1-3-5-6-7-11-16-12-9-8-10-13(19-4-2)14(12)15(17)18/h1,8-10,16H,4-7,11H2,2H3,(H,17,18). The third kappa shape index (κ3) is 4.88. The predicted octanol–water partition coefficient (Wildman–Crippen LogP) is 3.71. The van der Waals surface area contributed by atoms with E-state index in [4.69, 9.17) is 6.42 Å². The van der Waals surface area contributed by atoms with E-state index in [2.05, 4.69) is 11.2 Å². The minimum absolute atomic E-state index is 0.367. The van der Waals surface area contributed by atoms with Crippen molar-refractivity contribution in [2.45, 2.75) is 31.1 Å². The van der Waals surface area contributed by atoms with Crippen molar-refractivity contribution in [1.29, 1.82) is 0 Å². The first kappa shape index (κ1) is 15.5. The smallest absolute Gasteiger partial charge is 0.338 e. The number of unbranched alkanes of at least 4 members (excludes halogenated alkanes) is 2. The summed E-state index contributed by atoms with van der Waals surface area (Å²) < 4.78 is 0. The molecule has 0 aliphatic rings. The highest BCUT2D eigenvalue weighted by Gasteiger charge is 2.14. The number of terminal acetylenes is 1. The summed E-state index contributed by atoms with van der Waals surface area (Å²) >= 11 is 1.54. The molecule has 0 aromatic heterocycles. The van der Waals surface area contributed by atoms with Crippen LogP contribution in [-0.4, -0.2) is 23.4 Å². The average molecular weight is 277 g/mol. The zero-order valence-electron chi connectivity index (χ0n) is 11.1. The highest BCUT2D eigenvalue weighted by atomic mass is 32.2. The van der Waals surface area contributed by atoms with Gasteiger partial charge in [0.15, 0.2) is 0 Å². The molecule has 1 aromatic carbocycles. The first-order valence-corrected chi connectivity index (χ1v) is 7.35. The Kier molecular flexibility index (Phi) is 6.91. The zero-order valence-corrected chi connectivity index (χ0v) is 11.9. The van der Waals surface area contributed by atoms with Gasteiger partial charge < -0.3 is 10.4 Å². The molecule has 1 aromatic rings. The lowest BCUT2D eigenvalue weighted by atomic mass is 10.1. The summed E-state index contributed by atoms with van der Waals surface area (Å²) in [4.78, 5) is 12.2. The quantitative estimate of drug-likeness (QED) is 0.432. The molecule has 0 unspecified atom stereocenters. The van der Waals surface area contributed by atoms with Gasteiger partial charge in [-0.2, -0.15) is 0 Å². The first-order chi connectivity index (χ1) is 9.20. The first-order valence-electron chi connectivity index (χ1n) is 6.37. The molecule has 4 heteroatoms. The number of benzene rings is 1. The van der Waals surface area contributed by atoms with E-state index in [0.29, 0.717) is 11.3 Å². The maximum absolute atomic E-state index is 11.4. The van der Waals surface area contributed by atoms with Gasteiger partial charge in [-0.3, -0.25) is 0 Å². The van der Waals surface area contributed by atoms with Crippen LogP contribution in [0.15, 0.2) is 23.1 Å². The summed E-state index contributed by atoms with van der Waals surface area (Å²) in [6.45, 7) is 2.75. The maximum atomic E-state index is 11.4. The molecule has 0 aliphatic heterocycles. The molecular weight excluding hydrogens is 258 g/mol. The van der Waals surface area contributed by atoms with Crippen molar-refractivity contribution in [3.8, 4) is 12.3 Å². The van der Waals surface area contributed by atoms with Gasteiger partial charge in [-0.05, 0) is 30.7 Å². The van der Waals surface area contributed by atoms with Gasteiger partial charge in [0.1, 0.15) is 0 Å². The molecule has 0 saturated heterocycles. The van der Waals surface area contributed by atoms with Crippen LogP contribution in [0.4, 0.5) is 5.69 Å². The lowest BCUT2D eigenvalue weighted by Crippen LogP contribution is -2.09. The van der Waals surface area contributed by atoms with Crippen LogP contribution in [0, 0.1) is 12.3 Å². The summed E-state index contributed by atoms with van der Waals surface area (Å²) in [5.74, 6) is 2.56. The summed E-state index contributed by atoms with van der Waals surface area (Å²) in [5.41, 5.74) is 1.05. The van der Waals surface area contributed by atoms with Crippen LogP contribution in [0.3, 0.4) is 0 Å². The normalized spacial score (nSPS) is 9.89. The highest BCUT2D eigenvalue weighted by Crippen LogP contribution is 2.28. The summed E-state index contributed by atoms with van der Waals surface area (Å²) in [5, 5.41) is 12.5. The maximum Gasteiger partial charge on any atom is 0.338 e. The van der Waals surface area contributed by atoms with E-state index in [9.17, 15) is 9.90 Å². The number of carboxylic acid groups (broad SMARTS) is 1. The van der Waals surface area contributed by atoms with Crippen molar-refractivity contribution >= 4 is 23.4 Å². The molecule has 0 saturated carbocycles. The Bertz CT molecular complexity index is 466. The number of anilines is 1. The Morgan fingerprint density at radius 2 is 2.26 bits per heavy atom. The van der Waals surface area contributed by atoms with Gasteiger partial charge >= 0.3 is 5.97 Å². The van der Waals surface area contributed by atoms with Gasteiger partial charge in [-0.1, -0.05) is 13.0 Å². The van der Waals surface area contributed by atoms with Gasteiger partial charge in [-0.15, -0.1) is 24.1 Å². The van der Waals surface area contributed by atoms with E-state index in [1.54, 1.807) is 11.8 Å². The van der Waals surface area contributed by atoms with E-state index < -0.39 is 5.97 Å². The summed E-state index contributed by atoms with van der Waals surface area (Å²) in [6, 6.07) is 5.54. The summed E-state index contributed by atoms with van der Waals surface area (Å²) in [6.07, 6.45) is 7.84. The summed E-state index contributed by atoms with van der Waals surface area (Å²) in [7, 11) is 0. The molecule has 0 spiro atoms. The zero-order chi connectivity index (χ0) is 14.1. The third-order valence-corrected chi connectivity index (χ3v) is 3.54. The van der Waals surface area contributed by atoms with Gasteiger partial charge in [0.25, 0.3) is 0 Å². The molecule has 0 aliphatic carbocycles. The number of carbonyl (C=O) groups is 1. The van der Waals surface area contributed by atoms with Crippen LogP contribution >= 0.6 is 11.8 Å². The van der Waals surface area contributed by atoms with Gasteiger partial charge in [0, 0.05) is 23.5 Å². The molecule has 1 rings (SSSR count). The Balaban J connectivity index is 2.74. The molecule has 19 heavy (non-hydrogen) atoms. The average Bonchev–Trinajstić information content (AvgIpc) is 2.38. The minimum atomic E-state index is -0.886. The van der Waals surface area contributed by atoms with Gasteiger partial charge in [0.05, 0.1) is 5.56 Å². The molecule has 0 fully saturated rings. The van der Waals surface area contributed by atoms with E-state index in [-0.39, 0.29) is 0 Å². The van der Waals surface area contributed by atoms with Crippen LogP contribution in [0.2, 0.25) is 0 Å². The molecule has 0 radical (unpaired) electrons. The predicted molar refractivity (Wildman–Crippen MR) is 81.0 cm³/mol. The highest BCUT2D eigenvalue weighted by molar-refractivity contribution is 7.99. The number of rotatable bonds is 8. The van der Waals surface area contributed by atoms with Crippen molar-refractivity contribution in [2.24, 2.45) is 0 Å². The van der Waals surface area contributed by atoms with Crippen molar-refractivity contribution in [1.82, 2.24) is 0 Å². The van der Waals surface area contributed by atoms with Crippen LogP contribution in [0.5, 0.6) is 0 Å². The Morgan fingerprint density at radius 1 is 1.47 bits per heavy atom. The number of carboxylic acids is 1. The number of hydrogen-bond acceptors (Lipinski definition) is 3. The van der Waals surface area contributed by atoms with E-state index in [1.807, 2.05) is 25.1 Å². The lowest BCUT2D eigenvalue weighted by molar-refractivity contribution is 0.0694. The van der Waals surface area contributed by atoms with E-state index >= 15 is 0 Å². The second-order valence-corrected chi connectivity index (χ2v) is 5.31. The number of aromatic carboxylic acids is 1. The second-order valence-electron chi connectivity index (χ2n) is 4.00. The van der Waals surface area contributed by atoms with Crippen LogP contribution < -0.4 is 5.32 Å². The molecule has 0 amide bonds. The van der Waals surface area contributed by atoms with Gasteiger partial charge in [0.2, 0.25) is 0 Å². The Morgan fingerprint density at radius 3 is 2.89 bits per heavy atom. The van der Waals surface area contributed by atoms with E-state index in [1.165, 1.54) is 0 Å². The van der Waals surface area contributed by atoms with E-state index in [0.717, 1.165) is 36.5 Å². The van der Waals surface area contributed by atoms with Gasteiger partial charge in [-0.25, -0.2) is 4.79 Å². The molecule has 0 bridgehead atoms. The topological polar surface area (TPSA) is 49.3 Å². The molecule has 0 atom stereocenters. The van der Waals surface area contributed by atoms with Crippen molar-refractivity contribution in [3.05, 3.63) is 23.8 Å². The molecule has 2 N–H and O–H groups in total. The Labute approximate surface area is 118 Å². The number of thioether (sulfide) groups is 1. The van der Waals surface area contributed by atoms with Crippen molar-refractivity contribution in [2.75, 3.05) is 17.6 Å². The van der Waals surface area contributed by atoms with Crippen LogP contribution in [0.1, 0.15) is 36.5 Å². The Hall–Kier alpha value is -1.60. The molecule has 102 valence electrons. The number of hydrogen-bond donors (Lipinski definition) is 2. The van der Waals surface area contributed by atoms with Crippen LogP contribution in [0.25, 0.3) is 0 Å². The van der Waals surface area contributed by atoms with Crippen LogP contribution in [-0.2, 0) is 0 Å². The fourth-order valence-electron chi connectivity index (χ4n) is 1.75. The number of nitrogens with one attached hydrogen (secondary N) is 1. The lowest BCUT2D eigenvalue weighted by Gasteiger charge is -2.12. The fourth-order valence-corrected chi connectivity index (χ4v) is 2.58. The minimum Gasteiger partial charge on any atom is -0.478 e. The van der Waals surface area contributed by atoms with Crippen molar-refractivity contribution in [3.63, 3.8) is 0 Å². The monoisotopic (exact) mass is 277 g/mol. The SMILES string of the molecule is C#CCCCCNc1cccc(SCC)c1C(=O)O. The second kappa shape index (κ2) is 8.49. The molecule has 0 heterocycles. The fraction of sp³-hybridized carbons (Fsp3) is 0.400. The largest absolute Gasteiger partial charge is 0.478 e. The molecule has 3 nitrogen and oxygen atoms in total. The van der Waals surface area contributed by atoms with Crippen molar-refractivity contribution < 1.29 is 9.90 Å². The molecular formula is C15H19NO2S.